The Balaban J connectivity index is 2.59. The van der Waals surface area contributed by atoms with E-state index in [1.165, 1.54) is 16.4 Å². The fourth-order valence-electron chi connectivity index (χ4n) is 0.672. The summed E-state index contributed by atoms with van der Waals surface area (Å²) in [6.07, 6.45) is 0. The molecule has 1 aromatic carbocycles. The predicted molar refractivity (Wildman–Crippen MR) is 52.4 cm³/mol. The highest BCUT2D eigenvalue weighted by atomic mass is 32.2. The van der Waals surface area contributed by atoms with Gasteiger partial charge in [-0.3, -0.25) is 0 Å². The fourth-order valence-corrected chi connectivity index (χ4v) is 1.18. The van der Waals surface area contributed by atoms with Gasteiger partial charge in [0.05, 0.1) is 5.69 Å². The maximum absolute atomic E-state index is 11.2. The van der Waals surface area contributed by atoms with Crippen LogP contribution in [0.3, 0.4) is 0 Å². The SMILES string of the molecule is CN(C)[S+]([O-])Nc1c[c]c(O)cc1. The van der Waals surface area contributed by atoms with Gasteiger partial charge < -0.3 is 9.66 Å². The minimum atomic E-state index is -1.25. The summed E-state index contributed by atoms with van der Waals surface area (Å²) >= 11 is -1.25. The van der Waals surface area contributed by atoms with E-state index in [9.17, 15) is 4.55 Å². The van der Waals surface area contributed by atoms with Gasteiger partial charge in [0.15, 0.2) is 11.5 Å². The van der Waals surface area contributed by atoms with Crippen LogP contribution in [0.5, 0.6) is 5.75 Å². The molecular weight excluding hydrogens is 188 g/mol. The highest BCUT2D eigenvalue weighted by Crippen LogP contribution is 2.14. The zero-order chi connectivity index (χ0) is 9.84. The number of phenolic OH excluding ortho intramolecular Hbond substituents is 1. The van der Waals surface area contributed by atoms with Crippen LogP contribution < -0.4 is 4.72 Å². The smallest absolute Gasteiger partial charge is 0.165 e. The van der Waals surface area contributed by atoms with E-state index in [1.54, 1.807) is 20.2 Å². The zero-order valence-electron chi connectivity index (χ0n) is 7.44. The summed E-state index contributed by atoms with van der Waals surface area (Å²) in [5.74, 6) is 0.0705. The molecule has 0 amide bonds. The molecule has 4 nitrogen and oxygen atoms in total. The minimum Gasteiger partial charge on any atom is -0.573 e. The lowest BCUT2D eigenvalue weighted by atomic mass is 10.3. The van der Waals surface area contributed by atoms with Gasteiger partial charge in [0, 0.05) is 20.2 Å². The molecule has 1 atom stereocenters. The standard InChI is InChI=1S/C8H11N2O2S/c1-10(2)13(12)9-7-3-5-8(11)6-4-7/h3-5,9,11H,1-2H3. The molecule has 5 heteroatoms. The molecule has 1 rings (SSSR count). The Bertz CT molecular complexity index is 263. The van der Waals surface area contributed by atoms with E-state index in [0.29, 0.717) is 5.69 Å². The molecule has 0 spiro atoms. The molecule has 0 aromatic heterocycles. The van der Waals surface area contributed by atoms with Gasteiger partial charge >= 0.3 is 0 Å². The molecule has 0 aliphatic rings. The molecule has 0 aliphatic carbocycles. The van der Waals surface area contributed by atoms with Crippen LogP contribution in [0.1, 0.15) is 0 Å². The van der Waals surface area contributed by atoms with E-state index in [2.05, 4.69) is 10.8 Å². The van der Waals surface area contributed by atoms with Gasteiger partial charge in [-0.05, 0) is 18.2 Å². The van der Waals surface area contributed by atoms with Gasteiger partial charge in [0.2, 0.25) is 0 Å². The summed E-state index contributed by atoms with van der Waals surface area (Å²) in [4.78, 5) is 0. The molecule has 0 aliphatic heterocycles. The monoisotopic (exact) mass is 199 g/mol. The highest BCUT2D eigenvalue weighted by Gasteiger charge is 2.09. The number of hydrogen-bond acceptors (Lipinski definition) is 4. The first kappa shape index (κ1) is 10.2. The van der Waals surface area contributed by atoms with Crippen LogP contribution in [0.4, 0.5) is 5.69 Å². The molecule has 0 fully saturated rings. The second kappa shape index (κ2) is 4.36. The molecule has 13 heavy (non-hydrogen) atoms. The van der Waals surface area contributed by atoms with Crippen molar-refractivity contribution < 1.29 is 9.66 Å². The summed E-state index contributed by atoms with van der Waals surface area (Å²) in [6.45, 7) is 0. The fraction of sp³-hybridized carbons (Fsp3) is 0.250. The third-order valence-corrected chi connectivity index (χ3v) is 2.41. The third kappa shape index (κ3) is 3.14. The van der Waals surface area contributed by atoms with Crippen molar-refractivity contribution in [1.29, 1.82) is 0 Å². The first-order valence-corrected chi connectivity index (χ1v) is 4.77. The largest absolute Gasteiger partial charge is 0.573 e. The van der Waals surface area contributed by atoms with E-state index in [4.69, 9.17) is 5.11 Å². The topological polar surface area (TPSA) is 58.6 Å². The van der Waals surface area contributed by atoms with Gasteiger partial charge in [-0.1, -0.05) is 0 Å². The van der Waals surface area contributed by atoms with Crippen molar-refractivity contribution in [2.75, 3.05) is 18.8 Å². The molecular formula is C8H11N2O2S. The van der Waals surface area contributed by atoms with Crippen LogP contribution in [-0.2, 0) is 11.5 Å². The summed E-state index contributed by atoms with van der Waals surface area (Å²) < 4.78 is 15.5. The van der Waals surface area contributed by atoms with Crippen LogP contribution in [0.2, 0.25) is 0 Å². The Labute approximate surface area is 80.6 Å². The molecule has 1 radical (unpaired) electrons. The van der Waals surface area contributed by atoms with E-state index in [0.717, 1.165) is 0 Å². The number of benzene rings is 1. The Morgan fingerprint density at radius 3 is 2.69 bits per heavy atom. The van der Waals surface area contributed by atoms with Crippen LogP contribution >= 0.6 is 0 Å². The predicted octanol–water partition coefficient (Wildman–Crippen LogP) is 0.745. The van der Waals surface area contributed by atoms with Gasteiger partial charge in [0.25, 0.3) is 0 Å². The van der Waals surface area contributed by atoms with Gasteiger partial charge in [-0.25, -0.2) is 0 Å². The number of rotatable bonds is 3. The number of hydrogen-bond donors (Lipinski definition) is 2. The lowest BCUT2D eigenvalue weighted by Crippen LogP contribution is -2.28. The molecule has 0 saturated heterocycles. The number of aromatic hydroxyl groups is 1. The normalized spacial score (nSPS) is 12.9. The van der Waals surface area contributed by atoms with Gasteiger partial charge in [-0.2, -0.15) is 4.72 Å². The lowest BCUT2D eigenvalue weighted by molar-refractivity contribution is 0.474. The van der Waals surface area contributed by atoms with E-state index >= 15 is 0 Å². The van der Waals surface area contributed by atoms with Crippen molar-refractivity contribution in [2.24, 2.45) is 0 Å². The van der Waals surface area contributed by atoms with Gasteiger partial charge in [-0.15, -0.1) is 4.31 Å². The van der Waals surface area contributed by atoms with Crippen molar-refractivity contribution in [3.8, 4) is 5.75 Å². The molecule has 0 bridgehead atoms. The Morgan fingerprint density at radius 2 is 2.23 bits per heavy atom. The second-order valence-electron chi connectivity index (χ2n) is 2.63. The number of nitrogens with one attached hydrogen (secondary N) is 1. The number of phenols is 1. The summed E-state index contributed by atoms with van der Waals surface area (Å²) in [5.41, 5.74) is 0.657. The molecule has 1 aromatic rings. The van der Waals surface area contributed by atoms with Crippen molar-refractivity contribution >= 4 is 17.2 Å². The van der Waals surface area contributed by atoms with Crippen LogP contribution in [0, 0.1) is 6.07 Å². The molecule has 1 unspecified atom stereocenters. The first-order chi connectivity index (χ1) is 6.09. The Hall–Kier alpha value is -0.910. The van der Waals surface area contributed by atoms with Crippen molar-refractivity contribution in [1.82, 2.24) is 4.31 Å². The number of nitrogens with zero attached hydrogens (tertiary/aromatic N) is 1. The maximum atomic E-state index is 11.2. The van der Waals surface area contributed by atoms with Crippen LogP contribution in [0.25, 0.3) is 0 Å². The van der Waals surface area contributed by atoms with Crippen molar-refractivity contribution in [3.63, 3.8) is 0 Å². The Morgan fingerprint density at radius 1 is 1.54 bits per heavy atom. The highest BCUT2D eigenvalue weighted by molar-refractivity contribution is 7.90. The molecule has 0 saturated carbocycles. The van der Waals surface area contributed by atoms with Crippen molar-refractivity contribution in [2.45, 2.75) is 0 Å². The summed E-state index contributed by atoms with van der Waals surface area (Å²) in [7, 11) is 3.40. The van der Waals surface area contributed by atoms with Crippen LogP contribution in [0.15, 0.2) is 18.2 Å². The Kier molecular flexibility index (Phi) is 3.41. The van der Waals surface area contributed by atoms with E-state index in [-0.39, 0.29) is 5.75 Å². The summed E-state index contributed by atoms with van der Waals surface area (Å²) in [5, 5.41) is 8.93. The van der Waals surface area contributed by atoms with E-state index in [1.807, 2.05) is 0 Å². The average molecular weight is 199 g/mol. The minimum absolute atomic E-state index is 0.0705. The molecule has 71 valence electrons. The van der Waals surface area contributed by atoms with Crippen LogP contribution in [-0.4, -0.2) is 28.1 Å². The quantitative estimate of drug-likeness (QED) is 0.557. The maximum Gasteiger partial charge on any atom is 0.165 e. The van der Waals surface area contributed by atoms with Gasteiger partial charge in [0.1, 0.15) is 5.75 Å². The number of anilines is 1. The first-order valence-electron chi connectivity index (χ1n) is 3.66. The third-order valence-electron chi connectivity index (χ3n) is 1.33. The zero-order valence-corrected chi connectivity index (χ0v) is 8.26. The second-order valence-corrected chi connectivity index (χ2v) is 4.06. The van der Waals surface area contributed by atoms with Crippen molar-refractivity contribution in [3.05, 3.63) is 24.3 Å². The molecule has 2 N–H and O–H groups in total. The average Bonchev–Trinajstić information content (AvgIpc) is 2.08. The van der Waals surface area contributed by atoms with E-state index < -0.39 is 11.5 Å². The lowest BCUT2D eigenvalue weighted by Gasteiger charge is -2.15. The summed E-state index contributed by atoms with van der Waals surface area (Å²) in [6, 6.07) is 7.24. The molecule has 0 heterocycles.